The molecule has 0 fully saturated rings. The number of ether oxygens (including phenoxy) is 2. The van der Waals surface area contributed by atoms with Crippen LogP contribution in [0, 0.1) is 0 Å². The first kappa shape index (κ1) is 19.6. The molecular formula is C23H23N3O4. The lowest BCUT2D eigenvalue weighted by molar-refractivity contribution is 0.0909. The Hall–Kier alpha value is -3.74. The molecule has 7 nitrogen and oxygen atoms in total. The Morgan fingerprint density at radius 3 is 2.63 bits per heavy atom. The summed E-state index contributed by atoms with van der Waals surface area (Å²) in [6, 6.07) is 18.4. The average Bonchev–Trinajstić information content (AvgIpc) is 3.43. The lowest BCUT2D eigenvalue weighted by Gasteiger charge is -2.16. The first-order chi connectivity index (χ1) is 14.7. The molecule has 0 saturated carbocycles. The van der Waals surface area contributed by atoms with E-state index in [9.17, 15) is 4.79 Å². The van der Waals surface area contributed by atoms with Gasteiger partial charge in [-0.15, -0.1) is 0 Å². The normalized spacial score (nSPS) is 11.9. The van der Waals surface area contributed by atoms with Crippen LogP contribution in [0.25, 0.3) is 11.0 Å². The zero-order valence-corrected chi connectivity index (χ0v) is 16.9. The van der Waals surface area contributed by atoms with Crippen LogP contribution in [0.15, 0.2) is 71.3 Å². The lowest BCUT2D eigenvalue weighted by Crippen LogP contribution is -2.28. The standard InChI is InChI=1S/C23H23N3O4/c1-16(24-23(27)21-12-7-14-29-21)22-25-17-8-3-4-9-18(17)26(22)13-15-30-20-11-6-5-10-19(20)28-2/h3-12,14,16H,13,15H2,1-2H3,(H,24,27). The summed E-state index contributed by atoms with van der Waals surface area (Å²) in [7, 11) is 1.62. The van der Waals surface area contributed by atoms with Gasteiger partial charge in [-0.25, -0.2) is 4.98 Å². The molecule has 0 bridgehead atoms. The average molecular weight is 405 g/mol. The van der Waals surface area contributed by atoms with Crippen molar-refractivity contribution in [3.63, 3.8) is 0 Å². The predicted octanol–water partition coefficient (Wildman–Crippen LogP) is 4.21. The fourth-order valence-corrected chi connectivity index (χ4v) is 3.38. The lowest BCUT2D eigenvalue weighted by atomic mass is 10.3. The van der Waals surface area contributed by atoms with Gasteiger partial charge in [0.15, 0.2) is 17.3 Å². The van der Waals surface area contributed by atoms with Crippen LogP contribution in [0.2, 0.25) is 0 Å². The molecule has 1 unspecified atom stereocenters. The zero-order chi connectivity index (χ0) is 20.9. The summed E-state index contributed by atoms with van der Waals surface area (Å²) in [5.74, 6) is 2.11. The second-order valence-corrected chi connectivity index (χ2v) is 6.78. The van der Waals surface area contributed by atoms with Gasteiger partial charge in [0.05, 0.1) is 37.0 Å². The maximum Gasteiger partial charge on any atom is 0.287 e. The predicted molar refractivity (Wildman–Crippen MR) is 113 cm³/mol. The highest BCUT2D eigenvalue weighted by Gasteiger charge is 2.20. The van der Waals surface area contributed by atoms with Gasteiger partial charge in [-0.05, 0) is 43.3 Å². The molecule has 4 rings (SSSR count). The molecule has 1 N–H and O–H groups in total. The van der Waals surface area contributed by atoms with Gasteiger partial charge in [0, 0.05) is 0 Å². The number of hydrogen-bond donors (Lipinski definition) is 1. The molecule has 0 aliphatic carbocycles. The van der Waals surface area contributed by atoms with Crippen molar-refractivity contribution in [3.8, 4) is 11.5 Å². The third-order valence-corrected chi connectivity index (χ3v) is 4.81. The Morgan fingerprint density at radius 1 is 1.10 bits per heavy atom. The highest BCUT2D eigenvalue weighted by Crippen LogP contribution is 2.26. The second kappa shape index (κ2) is 8.73. The maximum absolute atomic E-state index is 12.4. The Morgan fingerprint density at radius 2 is 1.87 bits per heavy atom. The van der Waals surface area contributed by atoms with Crippen molar-refractivity contribution < 1.29 is 18.7 Å². The van der Waals surface area contributed by atoms with Crippen LogP contribution in [0.3, 0.4) is 0 Å². The van der Waals surface area contributed by atoms with Crippen LogP contribution >= 0.6 is 0 Å². The number of imidazole rings is 1. The van der Waals surface area contributed by atoms with Gasteiger partial charge in [-0.1, -0.05) is 24.3 Å². The van der Waals surface area contributed by atoms with E-state index in [1.165, 1.54) is 6.26 Å². The molecule has 0 aliphatic heterocycles. The van der Waals surface area contributed by atoms with Crippen molar-refractivity contribution in [1.29, 1.82) is 0 Å². The Bertz CT molecular complexity index is 1130. The molecule has 30 heavy (non-hydrogen) atoms. The minimum atomic E-state index is -0.318. The molecule has 1 atom stereocenters. The molecule has 0 saturated heterocycles. The smallest absolute Gasteiger partial charge is 0.287 e. The van der Waals surface area contributed by atoms with Crippen LogP contribution in [-0.4, -0.2) is 29.2 Å². The second-order valence-electron chi connectivity index (χ2n) is 6.78. The first-order valence-electron chi connectivity index (χ1n) is 9.72. The molecular weight excluding hydrogens is 382 g/mol. The summed E-state index contributed by atoms with van der Waals surface area (Å²) >= 11 is 0. The number of aromatic nitrogens is 2. The van der Waals surface area contributed by atoms with Gasteiger partial charge in [-0.2, -0.15) is 0 Å². The number of carbonyl (C=O) groups excluding carboxylic acids is 1. The number of amides is 1. The van der Waals surface area contributed by atoms with E-state index in [1.54, 1.807) is 19.2 Å². The van der Waals surface area contributed by atoms with Crippen LogP contribution in [0.5, 0.6) is 11.5 Å². The largest absolute Gasteiger partial charge is 0.493 e. The molecule has 2 heterocycles. The molecule has 2 aromatic heterocycles. The quantitative estimate of drug-likeness (QED) is 0.475. The monoisotopic (exact) mass is 405 g/mol. The molecule has 4 aromatic rings. The number of rotatable bonds is 8. The fraction of sp³-hybridized carbons (Fsp3) is 0.217. The molecule has 154 valence electrons. The van der Waals surface area contributed by atoms with Crippen molar-refractivity contribution in [1.82, 2.24) is 14.9 Å². The SMILES string of the molecule is COc1ccccc1OCCn1c(C(C)NC(=O)c2ccco2)nc2ccccc21. The van der Waals surface area contributed by atoms with E-state index >= 15 is 0 Å². The zero-order valence-electron chi connectivity index (χ0n) is 16.9. The van der Waals surface area contributed by atoms with Gasteiger partial charge in [-0.3, -0.25) is 4.79 Å². The Labute approximate surface area is 174 Å². The van der Waals surface area contributed by atoms with E-state index < -0.39 is 0 Å². The number of hydrogen-bond acceptors (Lipinski definition) is 5. The Balaban J connectivity index is 1.55. The molecule has 1 amide bonds. The summed E-state index contributed by atoms with van der Waals surface area (Å²) in [6.45, 7) is 2.89. The highest BCUT2D eigenvalue weighted by atomic mass is 16.5. The van der Waals surface area contributed by atoms with Gasteiger partial charge >= 0.3 is 0 Å². The third-order valence-electron chi connectivity index (χ3n) is 4.81. The molecule has 2 aromatic carbocycles. The van der Waals surface area contributed by atoms with Crippen molar-refractivity contribution in [2.45, 2.75) is 19.5 Å². The summed E-state index contributed by atoms with van der Waals surface area (Å²) in [6.07, 6.45) is 1.48. The van der Waals surface area contributed by atoms with E-state index in [1.807, 2.05) is 55.5 Å². The summed E-state index contributed by atoms with van der Waals surface area (Å²) < 4.78 is 18.5. The van der Waals surface area contributed by atoms with Crippen LogP contribution < -0.4 is 14.8 Å². The highest BCUT2D eigenvalue weighted by molar-refractivity contribution is 5.91. The first-order valence-corrected chi connectivity index (χ1v) is 9.72. The van der Waals surface area contributed by atoms with Crippen molar-refractivity contribution >= 4 is 16.9 Å². The number of methoxy groups -OCH3 is 1. The summed E-state index contributed by atoms with van der Waals surface area (Å²) in [5.41, 5.74) is 1.85. The van der Waals surface area contributed by atoms with Crippen LogP contribution in [0.4, 0.5) is 0 Å². The molecule has 0 aliphatic rings. The number of fused-ring (bicyclic) bond motifs is 1. The number of para-hydroxylation sites is 4. The summed E-state index contributed by atoms with van der Waals surface area (Å²) in [5, 5.41) is 2.95. The van der Waals surface area contributed by atoms with Crippen molar-refractivity contribution in [3.05, 3.63) is 78.5 Å². The van der Waals surface area contributed by atoms with E-state index in [2.05, 4.69) is 9.88 Å². The molecule has 7 heteroatoms. The minimum absolute atomic E-state index is 0.268. The third kappa shape index (κ3) is 4.00. The number of carbonyl (C=O) groups is 1. The number of benzene rings is 2. The number of furan rings is 1. The van der Waals surface area contributed by atoms with Gasteiger partial charge in [0.25, 0.3) is 5.91 Å². The molecule has 0 radical (unpaired) electrons. The van der Waals surface area contributed by atoms with E-state index in [4.69, 9.17) is 18.9 Å². The van der Waals surface area contributed by atoms with Crippen LogP contribution in [0.1, 0.15) is 29.3 Å². The minimum Gasteiger partial charge on any atom is -0.493 e. The number of nitrogens with zero attached hydrogens (tertiary/aromatic N) is 2. The van der Waals surface area contributed by atoms with Crippen molar-refractivity contribution in [2.24, 2.45) is 0 Å². The fourth-order valence-electron chi connectivity index (χ4n) is 3.38. The van der Waals surface area contributed by atoms with E-state index in [0.29, 0.717) is 24.7 Å². The van der Waals surface area contributed by atoms with E-state index in [0.717, 1.165) is 16.9 Å². The maximum atomic E-state index is 12.4. The summed E-state index contributed by atoms with van der Waals surface area (Å²) in [4.78, 5) is 17.1. The van der Waals surface area contributed by atoms with E-state index in [-0.39, 0.29) is 17.7 Å². The topological polar surface area (TPSA) is 78.5 Å². The van der Waals surface area contributed by atoms with Crippen molar-refractivity contribution in [2.75, 3.05) is 13.7 Å². The van der Waals surface area contributed by atoms with Gasteiger partial charge in [0.2, 0.25) is 0 Å². The number of nitrogens with one attached hydrogen (secondary N) is 1. The van der Waals surface area contributed by atoms with Crippen LogP contribution in [-0.2, 0) is 6.54 Å². The van der Waals surface area contributed by atoms with Gasteiger partial charge < -0.3 is 23.8 Å². The van der Waals surface area contributed by atoms with Gasteiger partial charge in [0.1, 0.15) is 12.4 Å². The molecule has 0 spiro atoms. The Kier molecular flexibility index (Phi) is 5.70.